The Balaban J connectivity index is 1.79. The van der Waals surface area contributed by atoms with Crippen LogP contribution in [0.25, 0.3) is 0 Å². The maximum Gasteiger partial charge on any atom is 0.222 e. The van der Waals surface area contributed by atoms with Gasteiger partial charge < -0.3 is 14.4 Å². The predicted molar refractivity (Wildman–Crippen MR) is 95.6 cm³/mol. The summed E-state index contributed by atoms with van der Waals surface area (Å²) in [5.41, 5.74) is 0.849. The van der Waals surface area contributed by atoms with Gasteiger partial charge in [0.2, 0.25) is 5.91 Å². The summed E-state index contributed by atoms with van der Waals surface area (Å²) < 4.78 is 23.8. The molecule has 0 bridgehead atoms. The van der Waals surface area contributed by atoms with Gasteiger partial charge in [0, 0.05) is 36.7 Å². The number of hydrogen-bond donors (Lipinski definition) is 0. The number of hydrogen-bond acceptors (Lipinski definition) is 3. The summed E-state index contributed by atoms with van der Waals surface area (Å²) in [6, 6.07) is 11.3. The lowest BCUT2D eigenvalue weighted by Crippen LogP contribution is -2.26. The van der Waals surface area contributed by atoms with Crippen molar-refractivity contribution >= 4 is 17.5 Å². The number of rotatable bonds is 8. The minimum Gasteiger partial charge on any atom is -0.496 e. The summed E-state index contributed by atoms with van der Waals surface area (Å²) in [6.45, 7) is 0.761. The lowest BCUT2D eigenvalue weighted by atomic mass is 10.2. The van der Waals surface area contributed by atoms with Crippen LogP contribution in [0.3, 0.4) is 0 Å². The average molecular weight is 366 g/mol. The third-order valence-corrected chi connectivity index (χ3v) is 3.91. The van der Waals surface area contributed by atoms with E-state index < -0.39 is 0 Å². The van der Waals surface area contributed by atoms with E-state index in [-0.39, 0.29) is 11.7 Å². The van der Waals surface area contributed by atoms with Gasteiger partial charge in [0.05, 0.1) is 13.7 Å². The molecule has 0 aromatic heterocycles. The number of nitrogens with zero attached hydrogens (tertiary/aromatic N) is 1. The largest absolute Gasteiger partial charge is 0.496 e. The van der Waals surface area contributed by atoms with Gasteiger partial charge in [0.15, 0.2) is 0 Å². The van der Waals surface area contributed by atoms with Crippen molar-refractivity contribution in [3.05, 3.63) is 58.9 Å². The lowest BCUT2D eigenvalue weighted by molar-refractivity contribution is -0.130. The summed E-state index contributed by atoms with van der Waals surface area (Å²) in [5, 5.41) is 0.597. The number of amides is 1. The fraction of sp³-hybridized carbons (Fsp3) is 0.316. The van der Waals surface area contributed by atoms with E-state index in [1.807, 2.05) is 0 Å². The van der Waals surface area contributed by atoms with Crippen LogP contribution in [0, 0.1) is 5.82 Å². The van der Waals surface area contributed by atoms with Gasteiger partial charge in [-0.1, -0.05) is 17.7 Å². The maximum atomic E-state index is 13.0. The topological polar surface area (TPSA) is 38.8 Å². The molecule has 6 heteroatoms. The molecule has 134 valence electrons. The molecular formula is C19H21ClFNO3. The second kappa shape index (κ2) is 9.28. The molecule has 0 fully saturated rings. The molecule has 0 saturated heterocycles. The molecule has 2 aromatic carbocycles. The summed E-state index contributed by atoms with van der Waals surface area (Å²) in [7, 11) is 3.31. The second-order valence-corrected chi connectivity index (χ2v) is 6.05. The molecule has 0 radical (unpaired) electrons. The highest BCUT2D eigenvalue weighted by atomic mass is 35.5. The van der Waals surface area contributed by atoms with Gasteiger partial charge >= 0.3 is 0 Å². The zero-order chi connectivity index (χ0) is 18.2. The Labute approximate surface area is 152 Å². The van der Waals surface area contributed by atoms with Crippen molar-refractivity contribution in [3.63, 3.8) is 0 Å². The molecular weight excluding hydrogens is 345 g/mol. The first kappa shape index (κ1) is 19.1. The molecule has 0 heterocycles. The second-order valence-electron chi connectivity index (χ2n) is 5.62. The summed E-state index contributed by atoms with van der Waals surface area (Å²) in [5.74, 6) is 0.802. The molecule has 0 N–H and O–H groups in total. The fourth-order valence-electron chi connectivity index (χ4n) is 2.38. The maximum absolute atomic E-state index is 13.0. The van der Waals surface area contributed by atoms with Crippen molar-refractivity contribution in [3.8, 4) is 11.5 Å². The Hall–Kier alpha value is -2.27. The smallest absolute Gasteiger partial charge is 0.222 e. The standard InChI is InChI=1S/C19H21ClFNO3/c1-22(13-14-11-15(20)8-9-18(14)24-2)19(23)7-4-10-25-17-6-3-5-16(21)12-17/h3,5-6,8-9,11-12H,4,7,10,13H2,1-2H3. The molecule has 4 nitrogen and oxygen atoms in total. The first-order valence-electron chi connectivity index (χ1n) is 7.94. The number of ether oxygens (including phenoxy) is 2. The molecule has 2 aromatic rings. The van der Waals surface area contributed by atoms with Crippen molar-refractivity contribution in [1.82, 2.24) is 4.90 Å². The molecule has 0 unspecified atom stereocenters. The van der Waals surface area contributed by atoms with Crippen molar-refractivity contribution in [2.45, 2.75) is 19.4 Å². The minimum atomic E-state index is -0.344. The van der Waals surface area contributed by atoms with Crippen LogP contribution in [0.1, 0.15) is 18.4 Å². The highest BCUT2D eigenvalue weighted by molar-refractivity contribution is 6.30. The number of methoxy groups -OCH3 is 1. The molecule has 0 aliphatic heterocycles. The molecule has 0 saturated carbocycles. The Kier molecular flexibility index (Phi) is 7.07. The third-order valence-electron chi connectivity index (χ3n) is 3.68. The van der Waals surface area contributed by atoms with E-state index in [9.17, 15) is 9.18 Å². The molecule has 25 heavy (non-hydrogen) atoms. The molecule has 0 atom stereocenters. The first-order valence-corrected chi connectivity index (χ1v) is 8.32. The van der Waals surface area contributed by atoms with Crippen LogP contribution in [0.15, 0.2) is 42.5 Å². The zero-order valence-electron chi connectivity index (χ0n) is 14.3. The van der Waals surface area contributed by atoms with Gasteiger partial charge in [-0.2, -0.15) is 0 Å². The van der Waals surface area contributed by atoms with Gasteiger partial charge in [0.25, 0.3) is 0 Å². The van der Waals surface area contributed by atoms with E-state index in [1.54, 1.807) is 49.4 Å². The summed E-state index contributed by atoms with van der Waals surface area (Å²) in [4.78, 5) is 13.9. The monoisotopic (exact) mass is 365 g/mol. The van der Waals surface area contributed by atoms with Gasteiger partial charge in [-0.05, 0) is 36.8 Å². The molecule has 0 spiro atoms. The van der Waals surface area contributed by atoms with Gasteiger partial charge in [-0.25, -0.2) is 4.39 Å². The van der Waals surface area contributed by atoms with E-state index in [0.717, 1.165) is 5.56 Å². The van der Waals surface area contributed by atoms with Crippen molar-refractivity contribution < 1.29 is 18.7 Å². The first-order chi connectivity index (χ1) is 12.0. The molecule has 0 aliphatic rings. The highest BCUT2D eigenvalue weighted by Crippen LogP contribution is 2.24. The van der Waals surface area contributed by atoms with Crippen LogP contribution >= 0.6 is 11.6 Å². The molecule has 1 amide bonds. The average Bonchev–Trinajstić information content (AvgIpc) is 2.59. The lowest BCUT2D eigenvalue weighted by Gasteiger charge is -2.19. The molecule has 0 aliphatic carbocycles. The van der Waals surface area contributed by atoms with Crippen molar-refractivity contribution in [2.24, 2.45) is 0 Å². The van der Waals surface area contributed by atoms with E-state index in [0.29, 0.717) is 42.5 Å². The number of carbonyl (C=O) groups excluding carboxylic acids is 1. The fourth-order valence-corrected chi connectivity index (χ4v) is 2.57. The zero-order valence-corrected chi connectivity index (χ0v) is 15.1. The minimum absolute atomic E-state index is 0.00938. The Morgan fingerprint density at radius 3 is 2.76 bits per heavy atom. The van der Waals surface area contributed by atoms with E-state index in [4.69, 9.17) is 21.1 Å². The predicted octanol–water partition coefficient (Wildman–Crippen LogP) is 4.31. The van der Waals surface area contributed by atoms with Gasteiger partial charge in [0.1, 0.15) is 17.3 Å². The number of benzene rings is 2. The quantitative estimate of drug-likeness (QED) is 0.654. The van der Waals surface area contributed by atoms with E-state index >= 15 is 0 Å². The Morgan fingerprint density at radius 1 is 1.24 bits per heavy atom. The van der Waals surface area contributed by atoms with E-state index in [1.165, 1.54) is 12.1 Å². The summed E-state index contributed by atoms with van der Waals surface area (Å²) in [6.07, 6.45) is 0.890. The molecule has 2 rings (SSSR count). The van der Waals surface area contributed by atoms with Crippen molar-refractivity contribution in [2.75, 3.05) is 20.8 Å². The van der Waals surface area contributed by atoms with Gasteiger partial charge in [-0.3, -0.25) is 4.79 Å². The van der Waals surface area contributed by atoms with Crippen LogP contribution in [0.5, 0.6) is 11.5 Å². The van der Waals surface area contributed by atoms with Crippen LogP contribution in [0.4, 0.5) is 4.39 Å². The summed E-state index contributed by atoms with van der Waals surface area (Å²) >= 11 is 6.01. The number of halogens is 2. The normalized spacial score (nSPS) is 10.4. The third kappa shape index (κ3) is 5.94. The SMILES string of the molecule is COc1ccc(Cl)cc1CN(C)C(=O)CCCOc1cccc(F)c1. The Bertz CT molecular complexity index is 724. The number of carbonyl (C=O) groups is 1. The van der Waals surface area contributed by atoms with Crippen LogP contribution in [0.2, 0.25) is 5.02 Å². The van der Waals surface area contributed by atoms with Crippen molar-refractivity contribution in [1.29, 1.82) is 0 Å². The Morgan fingerprint density at radius 2 is 2.04 bits per heavy atom. The van der Waals surface area contributed by atoms with Crippen LogP contribution in [-0.4, -0.2) is 31.6 Å². The van der Waals surface area contributed by atoms with Crippen LogP contribution < -0.4 is 9.47 Å². The highest BCUT2D eigenvalue weighted by Gasteiger charge is 2.12. The van der Waals surface area contributed by atoms with Crippen LogP contribution in [-0.2, 0) is 11.3 Å². The van der Waals surface area contributed by atoms with Gasteiger partial charge in [-0.15, -0.1) is 0 Å². The van der Waals surface area contributed by atoms with E-state index in [2.05, 4.69) is 0 Å².